The van der Waals surface area contributed by atoms with Crippen molar-refractivity contribution in [1.82, 2.24) is 24.4 Å². The topological polar surface area (TPSA) is 63.9 Å². The molecule has 3 heterocycles. The summed E-state index contributed by atoms with van der Waals surface area (Å²) in [5, 5.41) is 0. The number of rotatable bonds is 4. The van der Waals surface area contributed by atoms with E-state index in [0.717, 1.165) is 5.56 Å². The van der Waals surface area contributed by atoms with E-state index >= 15 is 0 Å². The molecule has 0 aliphatic carbocycles. The zero-order valence-electron chi connectivity index (χ0n) is 13.0. The Hall–Kier alpha value is -3.02. The molecule has 0 saturated heterocycles. The molecule has 6 nitrogen and oxygen atoms in total. The Morgan fingerprint density at radius 1 is 1.22 bits per heavy atom. The zero-order chi connectivity index (χ0) is 16.2. The van der Waals surface area contributed by atoms with E-state index in [4.69, 9.17) is 0 Å². The lowest BCUT2D eigenvalue weighted by atomic mass is 10.1. The minimum absolute atomic E-state index is 0.0647. The summed E-state index contributed by atoms with van der Waals surface area (Å²) in [6.07, 6.45) is 10.2. The molecule has 0 N–H and O–H groups in total. The molecule has 1 amide bonds. The highest BCUT2D eigenvalue weighted by molar-refractivity contribution is 5.94. The molecule has 1 unspecified atom stereocenters. The molecular formula is C17H17N5O. The second-order valence-electron chi connectivity index (χ2n) is 5.25. The van der Waals surface area contributed by atoms with E-state index in [9.17, 15) is 4.79 Å². The summed E-state index contributed by atoms with van der Waals surface area (Å²) in [5.41, 5.74) is 1.58. The van der Waals surface area contributed by atoms with E-state index in [1.807, 2.05) is 19.1 Å². The van der Waals surface area contributed by atoms with Crippen LogP contribution in [0.15, 0.2) is 61.6 Å². The van der Waals surface area contributed by atoms with Gasteiger partial charge in [0, 0.05) is 43.6 Å². The van der Waals surface area contributed by atoms with Crippen LogP contribution in [-0.4, -0.2) is 37.4 Å². The second kappa shape index (κ2) is 6.39. The third kappa shape index (κ3) is 3.11. The Morgan fingerprint density at radius 2 is 2.09 bits per heavy atom. The van der Waals surface area contributed by atoms with Gasteiger partial charge in [0.05, 0.1) is 6.04 Å². The molecule has 0 saturated carbocycles. The molecule has 3 rings (SSSR count). The molecule has 0 bridgehead atoms. The maximum absolute atomic E-state index is 12.7. The number of imidazole rings is 1. The van der Waals surface area contributed by atoms with E-state index < -0.39 is 0 Å². The van der Waals surface area contributed by atoms with Crippen molar-refractivity contribution in [3.05, 3.63) is 72.7 Å². The molecule has 0 fully saturated rings. The molecule has 3 aromatic rings. The van der Waals surface area contributed by atoms with Crippen molar-refractivity contribution < 1.29 is 4.79 Å². The van der Waals surface area contributed by atoms with E-state index in [1.54, 1.807) is 66.0 Å². The molecular weight excluding hydrogens is 290 g/mol. The van der Waals surface area contributed by atoms with Crippen LogP contribution < -0.4 is 0 Å². The largest absolute Gasteiger partial charge is 0.335 e. The van der Waals surface area contributed by atoms with Crippen LogP contribution >= 0.6 is 0 Å². The van der Waals surface area contributed by atoms with Gasteiger partial charge in [0.25, 0.3) is 5.91 Å². The summed E-state index contributed by atoms with van der Waals surface area (Å²) in [5.74, 6) is 0.598. The highest BCUT2D eigenvalue weighted by Gasteiger charge is 2.19. The van der Waals surface area contributed by atoms with Gasteiger partial charge in [-0.05, 0) is 30.7 Å². The molecule has 116 valence electrons. The first-order chi connectivity index (χ1) is 11.2. The lowest BCUT2D eigenvalue weighted by Crippen LogP contribution is -2.29. The van der Waals surface area contributed by atoms with Gasteiger partial charge in [-0.15, -0.1) is 0 Å². The maximum atomic E-state index is 12.7. The van der Waals surface area contributed by atoms with Crippen molar-refractivity contribution in [3.63, 3.8) is 0 Å². The Kier molecular flexibility index (Phi) is 4.14. The summed E-state index contributed by atoms with van der Waals surface area (Å²) in [6.45, 7) is 1.98. The molecule has 3 aromatic heterocycles. The third-order valence-electron chi connectivity index (χ3n) is 3.83. The van der Waals surface area contributed by atoms with Crippen LogP contribution in [0.3, 0.4) is 0 Å². The van der Waals surface area contributed by atoms with Gasteiger partial charge in [-0.2, -0.15) is 0 Å². The average molecular weight is 307 g/mol. The number of pyridine rings is 2. The van der Waals surface area contributed by atoms with Gasteiger partial charge in [-0.1, -0.05) is 6.07 Å². The second-order valence-corrected chi connectivity index (χ2v) is 5.25. The van der Waals surface area contributed by atoms with Crippen molar-refractivity contribution in [3.8, 4) is 5.82 Å². The number of hydrogen-bond acceptors (Lipinski definition) is 4. The monoisotopic (exact) mass is 307 g/mol. The van der Waals surface area contributed by atoms with Crippen LogP contribution in [0.25, 0.3) is 5.82 Å². The Bertz CT molecular complexity index is 786. The van der Waals surface area contributed by atoms with Gasteiger partial charge in [0.2, 0.25) is 0 Å². The summed E-state index contributed by atoms with van der Waals surface area (Å²) in [6, 6.07) is 7.24. The van der Waals surface area contributed by atoms with Crippen molar-refractivity contribution in [1.29, 1.82) is 0 Å². The fraction of sp³-hybridized carbons (Fsp3) is 0.176. The predicted octanol–water partition coefficient (Wildman–Crippen LogP) is 2.50. The van der Waals surface area contributed by atoms with Crippen molar-refractivity contribution >= 4 is 5.91 Å². The molecule has 0 aromatic carbocycles. The fourth-order valence-corrected chi connectivity index (χ4v) is 2.31. The summed E-state index contributed by atoms with van der Waals surface area (Å²) in [4.78, 5) is 26.8. The maximum Gasteiger partial charge on any atom is 0.254 e. The van der Waals surface area contributed by atoms with Crippen molar-refractivity contribution in [2.24, 2.45) is 0 Å². The number of carbonyl (C=O) groups is 1. The molecule has 0 aliphatic heterocycles. The summed E-state index contributed by atoms with van der Waals surface area (Å²) in [7, 11) is 1.79. The van der Waals surface area contributed by atoms with Gasteiger partial charge in [0.15, 0.2) is 0 Å². The van der Waals surface area contributed by atoms with Crippen LogP contribution in [0.2, 0.25) is 0 Å². The van der Waals surface area contributed by atoms with Crippen LogP contribution in [0.5, 0.6) is 0 Å². The minimum Gasteiger partial charge on any atom is -0.335 e. The average Bonchev–Trinajstić information content (AvgIpc) is 3.15. The number of aromatic nitrogens is 4. The van der Waals surface area contributed by atoms with Crippen LogP contribution in [0.4, 0.5) is 0 Å². The van der Waals surface area contributed by atoms with Gasteiger partial charge in [0.1, 0.15) is 12.1 Å². The molecule has 0 aliphatic rings. The van der Waals surface area contributed by atoms with Gasteiger partial charge >= 0.3 is 0 Å². The lowest BCUT2D eigenvalue weighted by molar-refractivity contribution is 0.0742. The van der Waals surface area contributed by atoms with E-state index in [1.165, 1.54) is 0 Å². The third-order valence-corrected chi connectivity index (χ3v) is 3.83. The van der Waals surface area contributed by atoms with E-state index in [-0.39, 0.29) is 11.9 Å². The Morgan fingerprint density at radius 3 is 2.78 bits per heavy atom. The van der Waals surface area contributed by atoms with Crippen LogP contribution in [0, 0.1) is 0 Å². The van der Waals surface area contributed by atoms with Gasteiger partial charge in [-0.3, -0.25) is 14.3 Å². The fourth-order valence-electron chi connectivity index (χ4n) is 2.31. The van der Waals surface area contributed by atoms with Crippen molar-refractivity contribution in [2.75, 3.05) is 7.05 Å². The predicted molar refractivity (Wildman–Crippen MR) is 86.1 cm³/mol. The van der Waals surface area contributed by atoms with Crippen molar-refractivity contribution in [2.45, 2.75) is 13.0 Å². The van der Waals surface area contributed by atoms with Gasteiger partial charge < -0.3 is 4.90 Å². The quantitative estimate of drug-likeness (QED) is 0.743. The SMILES string of the molecule is CC(c1cccnc1)N(C)C(=O)c1ccnc(-n2ccnc2)c1. The molecule has 6 heteroatoms. The molecule has 0 spiro atoms. The summed E-state index contributed by atoms with van der Waals surface area (Å²) < 4.78 is 1.77. The normalized spacial score (nSPS) is 11.9. The first-order valence-corrected chi connectivity index (χ1v) is 7.28. The van der Waals surface area contributed by atoms with Gasteiger partial charge in [-0.25, -0.2) is 9.97 Å². The number of nitrogens with zero attached hydrogens (tertiary/aromatic N) is 5. The zero-order valence-corrected chi connectivity index (χ0v) is 13.0. The Labute approximate surface area is 134 Å². The first-order valence-electron chi connectivity index (χ1n) is 7.28. The lowest BCUT2D eigenvalue weighted by Gasteiger charge is -2.25. The van der Waals surface area contributed by atoms with E-state index in [2.05, 4.69) is 15.0 Å². The molecule has 0 radical (unpaired) electrons. The van der Waals surface area contributed by atoms with E-state index in [0.29, 0.717) is 11.4 Å². The number of hydrogen-bond donors (Lipinski definition) is 0. The highest BCUT2D eigenvalue weighted by atomic mass is 16.2. The molecule has 1 atom stereocenters. The summed E-state index contributed by atoms with van der Waals surface area (Å²) >= 11 is 0. The van der Waals surface area contributed by atoms with Crippen LogP contribution in [0.1, 0.15) is 28.9 Å². The molecule has 23 heavy (non-hydrogen) atoms. The van der Waals surface area contributed by atoms with Crippen LogP contribution in [-0.2, 0) is 0 Å². The smallest absolute Gasteiger partial charge is 0.254 e. The highest BCUT2D eigenvalue weighted by Crippen LogP contribution is 2.20. The standard InChI is InChI=1S/C17H17N5O/c1-13(15-4-3-6-18-11-15)21(2)17(23)14-5-7-20-16(10-14)22-9-8-19-12-22/h3-13H,1-2H3. The number of amides is 1. The Balaban J connectivity index is 1.84. The first kappa shape index (κ1) is 14.9. The minimum atomic E-state index is -0.0685. The number of carbonyl (C=O) groups excluding carboxylic acids is 1.